The van der Waals surface area contributed by atoms with Gasteiger partial charge >= 0.3 is 0 Å². The highest BCUT2D eigenvalue weighted by atomic mass is 35.5. The summed E-state index contributed by atoms with van der Waals surface area (Å²) >= 11 is 1.61. The number of aromatic nitrogens is 2. The first-order valence-electron chi connectivity index (χ1n) is 4.19. The van der Waals surface area contributed by atoms with Crippen LogP contribution in [0.1, 0.15) is 6.42 Å². The average Bonchev–Trinajstić information content (AvgIpc) is 2.62. The van der Waals surface area contributed by atoms with Crippen LogP contribution in [0.2, 0.25) is 0 Å². The van der Waals surface area contributed by atoms with E-state index in [9.17, 15) is 4.39 Å². The molecule has 0 spiro atoms. The van der Waals surface area contributed by atoms with Crippen LogP contribution in [0, 0.1) is 5.82 Å². The Morgan fingerprint density at radius 2 is 2.14 bits per heavy atom. The number of hydrogen-bond donors (Lipinski definition) is 1. The summed E-state index contributed by atoms with van der Waals surface area (Å²) in [4.78, 5) is 7.78. The van der Waals surface area contributed by atoms with Gasteiger partial charge in [0.05, 0.1) is 12.4 Å². The first-order chi connectivity index (χ1) is 6.34. The third kappa shape index (κ3) is 3.08. The summed E-state index contributed by atoms with van der Waals surface area (Å²) in [5, 5.41) is 4.45. The van der Waals surface area contributed by atoms with Crippen molar-refractivity contribution in [2.45, 2.75) is 16.8 Å². The molecule has 0 aliphatic carbocycles. The van der Waals surface area contributed by atoms with E-state index in [1.165, 1.54) is 12.4 Å². The zero-order chi connectivity index (χ0) is 9.10. The van der Waals surface area contributed by atoms with Gasteiger partial charge in [-0.2, -0.15) is 0 Å². The summed E-state index contributed by atoms with van der Waals surface area (Å²) in [5.74, 6) is -0.381. The van der Waals surface area contributed by atoms with Crippen LogP contribution in [-0.4, -0.2) is 28.3 Å². The van der Waals surface area contributed by atoms with Gasteiger partial charge in [-0.15, -0.1) is 12.4 Å². The van der Waals surface area contributed by atoms with Crippen LogP contribution in [-0.2, 0) is 0 Å². The minimum atomic E-state index is -0.381. The van der Waals surface area contributed by atoms with Gasteiger partial charge in [0.1, 0.15) is 0 Å². The van der Waals surface area contributed by atoms with E-state index in [1.54, 1.807) is 11.8 Å². The second kappa shape index (κ2) is 5.48. The Labute approximate surface area is 92.3 Å². The lowest BCUT2D eigenvalue weighted by Crippen LogP contribution is -2.10. The Bertz CT molecular complexity index is 276. The summed E-state index contributed by atoms with van der Waals surface area (Å²) in [6.45, 7) is 2.05. The van der Waals surface area contributed by atoms with Crippen molar-refractivity contribution in [1.29, 1.82) is 0 Å². The van der Waals surface area contributed by atoms with E-state index in [4.69, 9.17) is 0 Å². The molecule has 1 atom stereocenters. The van der Waals surface area contributed by atoms with Gasteiger partial charge in [0.15, 0.2) is 11.0 Å². The van der Waals surface area contributed by atoms with Crippen LogP contribution in [0.3, 0.4) is 0 Å². The summed E-state index contributed by atoms with van der Waals surface area (Å²) in [6, 6.07) is 0. The van der Waals surface area contributed by atoms with Crippen LogP contribution in [0.5, 0.6) is 0 Å². The van der Waals surface area contributed by atoms with Crippen LogP contribution in [0.15, 0.2) is 17.6 Å². The van der Waals surface area contributed by atoms with Crippen molar-refractivity contribution in [3.8, 4) is 0 Å². The zero-order valence-electron chi connectivity index (χ0n) is 7.44. The fraction of sp³-hybridized carbons (Fsp3) is 0.500. The zero-order valence-corrected chi connectivity index (χ0v) is 9.08. The molecule has 2 heterocycles. The SMILES string of the molecule is Cl.Fc1cnc(S[C@H]2CCNC2)nc1. The number of nitrogens with zero attached hydrogens (tertiary/aromatic N) is 2. The maximum atomic E-state index is 12.5. The lowest BCUT2D eigenvalue weighted by atomic mass is 10.4. The van der Waals surface area contributed by atoms with Crippen molar-refractivity contribution in [2.75, 3.05) is 13.1 Å². The van der Waals surface area contributed by atoms with Gasteiger partial charge in [-0.25, -0.2) is 14.4 Å². The van der Waals surface area contributed by atoms with Crippen molar-refractivity contribution in [3.05, 3.63) is 18.2 Å². The standard InChI is InChI=1S/C8H10FN3S.ClH/c9-6-3-11-8(12-4-6)13-7-1-2-10-5-7;/h3-4,7,10H,1-2,5H2;1H/t7-;/m0./s1. The van der Waals surface area contributed by atoms with E-state index in [-0.39, 0.29) is 18.2 Å². The third-order valence-electron chi connectivity index (χ3n) is 1.88. The third-order valence-corrected chi connectivity index (χ3v) is 3.04. The number of nitrogens with one attached hydrogen (secondary N) is 1. The van der Waals surface area contributed by atoms with E-state index >= 15 is 0 Å². The number of thioether (sulfide) groups is 1. The van der Waals surface area contributed by atoms with E-state index in [0.29, 0.717) is 10.4 Å². The molecule has 2 rings (SSSR count). The Hall–Kier alpha value is -0.390. The smallest absolute Gasteiger partial charge is 0.187 e. The summed E-state index contributed by atoms with van der Waals surface area (Å²) in [7, 11) is 0. The lowest BCUT2D eigenvalue weighted by Gasteiger charge is -2.04. The van der Waals surface area contributed by atoms with E-state index in [2.05, 4.69) is 15.3 Å². The number of halogens is 2. The number of rotatable bonds is 2. The minimum Gasteiger partial charge on any atom is -0.316 e. The van der Waals surface area contributed by atoms with E-state index < -0.39 is 0 Å². The molecule has 78 valence electrons. The first kappa shape index (κ1) is 11.7. The molecule has 1 aliphatic rings. The molecule has 0 bridgehead atoms. The van der Waals surface area contributed by atoms with Crippen LogP contribution >= 0.6 is 24.2 Å². The molecular weight excluding hydrogens is 225 g/mol. The Kier molecular flexibility index (Phi) is 4.57. The molecule has 6 heteroatoms. The number of hydrogen-bond acceptors (Lipinski definition) is 4. The van der Waals surface area contributed by atoms with Crippen molar-refractivity contribution in [2.24, 2.45) is 0 Å². The largest absolute Gasteiger partial charge is 0.316 e. The molecule has 1 N–H and O–H groups in total. The molecule has 1 aliphatic heterocycles. The summed E-state index contributed by atoms with van der Waals surface area (Å²) in [6.07, 6.45) is 3.54. The fourth-order valence-corrected chi connectivity index (χ4v) is 2.20. The average molecular weight is 236 g/mol. The van der Waals surface area contributed by atoms with Crippen molar-refractivity contribution in [1.82, 2.24) is 15.3 Å². The van der Waals surface area contributed by atoms with Gasteiger partial charge < -0.3 is 5.32 Å². The summed E-state index contributed by atoms with van der Waals surface area (Å²) in [5.41, 5.74) is 0. The highest BCUT2D eigenvalue weighted by Crippen LogP contribution is 2.23. The second-order valence-corrected chi connectivity index (χ2v) is 4.18. The topological polar surface area (TPSA) is 37.8 Å². The monoisotopic (exact) mass is 235 g/mol. The molecule has 14 heavy (non-hydrogen) atoms. The van der Waals surface area contributed by atoms with Crippen LogP contribution < -0.4 is 5.32 Å². The fourth-order valence-electron chi connectivity index (χ4n) is 1.24. The molecule has 1 saturated heterocycles. The maximum Gasteiger partial charge on any atom is 0.187 e. The highest BCUT2D eigenvalue weighted by molar-refractivity contribution is 7.99. The molecule has 0 radical (unpaired) electrons. The molecule has 3 nitrogen and oxygen atoms in total. The predicted molar refractivity (Wildman–Crippen MR) is 56.4 cm³/mol. The molecule has 1 aromatic heterocycles. The van der Waals surface area contributed by atoms with E-state index in [1.807, 2.05) is 0 Å². The highest BCUT2D eigenvalue weighted by Gasteiger charge is 2.16. The van der Waals surface area contributed by atoms with Gasteiger partial charge in [0, 0.05) is 11.8 Å². The second-order valence-electron chi connectivity index (χ2n) is 2.92. The molecule has 0 amide bonds. The Morgan fingerprint density at radius 3 is 2.71 bits per heavy atom. The first-order valence-corrected chi connectivity index (χ1v) is 5.07. The normalized spacial score (nSPS) is 20.5. The quantitative estimate of drug-likeness (QED) is 0.789. The molecule has 1 aromatic rings. The van der Waals surface area contributed by atoms with Crippen molar-refractivity contribution >= 4 is 24.2 Å². The molecule has 0 unspecified atom stereocenters. The van der Waals surface area contributed by atoms with Crippen LogP contribution in [0.4, 0.5) is 4.39 Å². The Balaban J connectivity index is 0.000000980. The maximum absolute atomic E-state index is 12.5. The lowest BCUT2D eigenvalue weighted by molar-refractivity contribution is 0.605. The summed E-state index contributed by atoms with van der Waals surface area (Å²) < 4.78 is 12.5. The van der Waals surface area contributed by atoms with E-state index in [0.717, 1.165) is 19.5 Å². The molecule has 1 fully saturated rings. The van der Waals surface area contributed by atoms with Gasteiger partial charge in [0.2, 0.25) is 0 Å². The van der Waals surface area contributed by atoms with Gasteiger partial charge in [0.25, 0.3) is 0 Å². The predicted octanol–water partition coefficient (Wildman–Crippen LogP) is 1.49. The molecule has 0 aromatic carbocycles. The Morgan fingerprint density at radius 1 is 1.43 bits per heavy atom. The van der Waals surface area contributed by atoms with Gasteiger partial charge in [-0.05, 0) is 13.0 Å². The molecule has 0 saturated carbocycles. The minimum absolute atomic E-state index is 0. The van der Waals surface area contributed by atoms with Crippen molar-refractivity contribution in [3.63, 3.8) is 0 Å². The van der Waals surface area contributed by atoms with Gasteiger partial charge in [-0.3, -0.25) is 0 Å². The van der Waals surface area contributed by atoms with Crippen LogP contribution in [0.25, 0.3) is 0 Å². The van der Waals surface area contributed by atoms with Gasteiger partial charge in [-0.1, -0.05) is 11.8 Å². The molecular formula is C8H11ClFN3S. The van der Waals surface area contributed by atoms with Crippen molar-refractivity contribution < 1.29 is 4.39 Å².